The smallest absolute Gasteiger partial charge is 0.337 e. The summed E-state index contributed by atoms with van der Waals surface area (Å²) in [4.78, 5) is 15.2. The summed E-state index contributed by atoms with van der Waals surface area (Å²) in [6.07, 6.45) is 3.09. The minimum absolute atomic E-state index is 0.297. The third-order valence-corrected chi connectivity index (χ3v) is 3.01. The molecule has 3 nitrogen and oxygen atoms in total. The van der Waals surface area contributed by atoms with Crippen LogP contribution in [-0.4, -0.2) is 16.1 Å². The number of hydrogen-bond acceptors (Lipinski definition) is 2. The number of hydrogen-bond donors (Lipinski definition) is 1. The molecule has 0 aliphatic rings. The van der Waals surface area contributed by atoms with E-state index in [1.54, 1.807) is 18.3 Å². The van der Waals surface area contributed by atoms with Crippen LogP contribution < -0.4 is 0 Å². The Labute approximate surface area is 106 Å². The average molecular weight is 241 g/mol. The van der Waals surface area contributed by atoms with Gasteiger partial charge in [-0.05, 0) is 43.0 Å². The second-order valence-corrected chi connectivity index (χ2v) is 4.23. The van der Waals surface area contributed by atoms with Gasteiger partial charge in [0, 0.05) is 6.20 Å². The Morgan fingerprint density at radius 3 is 2.67 bits per heavy atom. The molecule has 0 saturated heterocycles. The van der Waals surface area contributed by atoms with Gasteiger partial charge in [0.15, 0.2) is 0 Å². The predicted octanol–water partition coefficient (Wildman–Crippen LogP) is 2.87. The minimum atomic E-state index is -0.914. The zero-order valence-electron chi connectivity index (χ0n) is 10.3. The first-order valence-corrected chi connectivity index (χ1v) is 5.90. The van der Waals surface area contributed by atoms with Gasteiger partial charge in [-0.3, -0.25) is 4.98 Å². The molecule has 0 unspecified atom stereocenters. The highest BCUT2D eigenvalue weighted by molar-refractivity contribution is 5.88. The minimum Gasteiger partial charge on any atom is -0.478 e. The summed E-state index contributed by atoms with van der Waals surface area (Å²) in [6, 6.07) is 11.4. The number of pyridine rings is 1. The van der Waals surface area contributed by atoms with E-state index in [2.05, 4.69) is 24.0 Å². The lowest BCUT2D eigenvalue weighted by atomic mass is 10.0. The Hall–Kier alpha value is -2.16. The van der Waals surface area contributed by atoms with Crippen molar-refractivity contribution < 1.29 is 9.90 Å². The third kappa shape index (κ3) is 2.74. The van der Waals surface area contributed by atoms with Crippen LogP contribution in [0, 0.1) is 6.92 Å². The summed E-state index contributed by atoms with van der Waals surface area (Å²) in [5.74, 6) is -0.914. The van der Waals surface area contributed by atoms with E-state index in [1.807, 2.05) is 12.1 Å². The Morgan fingerprint density at radius 2 is 1.94 bits per heavy atom. The van der Waals surface area contributed by atoms with Crippen LogP contribution in [0.1, 0.15) is 27.2 Å². The Balaban J connectivity index is 2.16. The molecule has 1 aromatic heterocycles. The number of nitrogens with zero attached hydrogens (tertiary/aromatic N) is 1. The van der Waals surface area contributed by atoms with Crippen molar-refractivity contribution >= 4 is 5.97 Å². The molecule has 1 N–H and O–H groups in total. The lowest BCUT2D eigenvalue weighted by Gasteiger charge is -2.07. The molecular weight excluding hydrogens is 226 g/mol. The summed E-state index contributed by atoms with van der Waals surface area (Å²) in [6.45, 7) is 2.06. The number of carboxylic acid groups (broad SMARTS) is 1. The number of benzene rings is 1. The van der Waals surface area contributed by atoms with E-state index in [0.717, 1.165) is 6.42 Å². The second kappa shape index (κ2) is 5.45. The number of aryl methyl sites for hydroxylation is 3. The molecule has 1 heterocycles. The molecule has 18 heavy (non-hydrogen) atoms. The molecule has 2 aromatic rings. The van der Waals surface area contributed by atoms with Crippen molar-refractivity contribution in [2.24, 2.45) is 0 Å². The number of carbonyl (C=O) groups is 1. The summed E-state index contributed by atoms with van der Waals surface area (Å²) >= 11 is 0. The van der Waals surface area contributed by atoms with E-state index in [0.29, 0.717) is 17.7 Å². The van der Waals surface area contributed by atoms with Crippen molar-refractivity contribution in [3.05, 3.63) is 65.0 Å². The standard InChI is InChI=1S/C15H15NO2/c1-11-5-2-3-6-12(11)8-9-14-13(15(17)18)7-4-10-16-14/h2-7,10H,8-9H2,1H3,(H,17,18). The van der Waals surface area contributed by atoms with E-state index >= 15 is 0 Å². The summed E-state index contributed by atoms with van der Waals surface area (Å²) in [7, 11) is 0. The molecular formula is C15H15NO2. The molecule has 1 aromatic carbocycles. The van der Waals surface area contributed by atoms with Gasteiger partial charge in [-0.25, -0.2) is 4.79 Å². The average Bonchev–Trinajstić information content (AvgIpc) is 2.38. The van der Waals surface area contributed by atoms with Crippen LogP contribution >= 0.6 is 0 Å². The molecule has 0 bridgehead atoms. The van der Waals surface area contributed by atoms with Crippen molar-refractivity contribution in [1.82, 2.24) is 4.98 Å². The maximum Gasteiger partial charge on any atom is 0.337 e. The van der Waals surface area contributed by atoms with E-state index in [9.17, 15) is 4.79 Å². The Morgan fingerprint density at radius 1 is 1.17 bits per heavy atom. The molecule has 0 aliphatic carbocycles. The van der Waals surface area contributed by atoms with Gasteiger partial charge in [-0.15, -0.1) is 0 Å². The first-order chi connectivity index (χ1) is 8.68. The summed E-state index contributed by atoms with van der Waals surface area (Å²) < 4.78 is 0. The fraction of sp³-hybridized carbons (Fsp3) is 0.200. The number of aromatic carboxylic acids is 1. The molecule has 0 aliphatic heterocycles. The second-order valence-electron chi connectivity index (χ2n) is 4.23. The van der Waals surface area contributed by atoms with Crippen LogP contribution in [0.25, 0.3) is 0 Å². The molecule has 0 radical (unpaired) electrons. The monoisotopic (exact) mass is 241 g/mol. The number of carboxylic acids is 1. The normalized spacial score (nSPS) is 10.3. The van der Waals surface area contributed by atoms with Crippen LogP contribution in [-0.2, 0) is 12.8 Å². The Bertz CT molecular complexity index is 564. The first kappa shape index (κ1) is 12.3. The van der Waals surface area contributed by atoms with E-state index in [-0.39, 0.29) is 0 Å². The van der Waals surface area contributed by atoms with E-state index in [1.165, 1.54) is 11.1 Å². The van der Waals surface area contributed by atoms with Crippen LogP contribution in [0.15, 0.2) is 42.6 Å². The maximum atomic E-state index is 11.1. The molecule has 0 amide bonds. The quantitative estimate of drug-likeness (QED) is 0.895. The van der Waals surface area contributed by atoms with Crippen molar-refractivity contribution in [3.63, 3.8) is 0 Å². The van der Waals surface area contributed by atoms with Gasteiger partial charge in [0.2, 0.25) is 0 Å². The summed E-state index contributed by atoms with van der Waals surface area (Å²) in [5, 5.41) is 9.08. The highest BCUT2D eigenvalue weighted by atomic mass is 16.4. The van der Waals surface area contributed by atoms with Crippen molar-refractivity contribution in [2.75, 3.05) is 0 Å². The van der Waals surface area contributed by atoms with Gasteiger partial charge in [-0.1, -0.05) is 24.3 Å². The van der Waals surface area contributed by atoms with Gasteiger partial charge in [0.1, 0.15) is 0 Å². The van der Waals surface area contributed by atoms with Gasteiger partial charge >= 0.3 is 5.97 Å². The number of rotatable bonds is 4. The lowest BCUT2D eigenvalue weighted by Crippen LogP contribution is -2.06. The summed E-state index contributed by atoms with van der Waals surface area (Å²) in [5.41, 5.74) is 3.41. The van der Waals surface area contributed by atoms with Crippen LogP contribution in [0.2, 0.25) is 0 Å². The van der Waals surface area contributed by atoms with Crippen LogP contribution in [0.4, 0.5) is 0 Å². The maximum absolute atomic E-state index is 11.1. The zero-order valence-corrected chi connectivity index (χ0v) is 10.3. The van der Waals surface area contributed by atoms with Crippen LogP contribution in [0.5, 0.6) is 0 Å². The van der Waals surface area contributed by atoms with Crippen molar-refractivity contribution in [1.29, 1.82) is 0 Å². The first-order valence-electron chi connectivity index (χ1n) is 5.90. The van der Waals surface area contributed by atoms with Gasteiger partial charge in [-0.2, -0.15) is 0 Å². The SMILES string of the molecule is Cc1ccccc1CCc1ncccc1C(=O)O. The molecule has 92 valence electrons. The van der Waals surface area contributed by atoms with Crippen molar-refractivity contribution in [3.8, 4) is 0 Å². The van der Waals surface area contributed by atoms with Crippen LogP contribution in [0.3, 0.4) is 0 Å². The molecule has 2 rings (SSSR count). The molecule has 0 spiro atoms. The fourth-order valence-corrected chi connectivity index (χ4v) is 1.98. The van der Waals surface area contributed by atoms with Gasteiger partial charge < -0.3 is 5.11 Å². The highest BCUT2D eigenvalue weighted by Crippen LogP contribution is 2.13. The lowest BCUT2D eigenvalue weighted by molar-refractivity contribution is 0.0695. The topological polar surface area (TPSA) is 50.2 Å². The third-order valence-electron chi connectivity index (χ3n) is 3.01. The number of aromatic nitrogens is 1. The molecule has 0 saturated carbocycles. The van der Waals surface area contributed by atoms with Gasteiger partial charge in [0.25, 0.3) is 0 Å². The fourth-order valence-electron chi connectivity index (χ4n) is 1.98. The van der Waals surface area contributed by atoms with E-state index in [4.69, 9.17) is 5.11 Å². The zero-order chi connectivity index (χ0) is 13.0. The molecule has 0 fully saturated rings. The Kier molecular flexibility index (Phi) is 3.72. The van der Waals surface area contributed by atoms with Gasteiger partial charge in [0.05, 0.1) is 11.3 Å². The van der Waals surface area contributed by atoms with E-state index < -0.39 is 5.97 Å². The molecule has 3 heteroatoms. The van der Waals surface area contributed by atoms with Crippen molar-refractivity contribution in [2.45, 2.75) is 19.8 Å². The highest BCUT2D eigenvalue weighted by Gasteiger charge is 2.10. The molecule has 0 atom stereocenters. The largest absolute Gasteiger partial charge is 0.478 e. The predicted molar refractivity (Wildman–Crippen MR) is 69.8 cm³/mol.